The number of rotatable bonds is 8. The molecule has 0 radical (unpaired) electrons. The highest BCUT2D eigenvalue weighted by atomic mass is 32.1. The minimum atomic E-state index is 0.841. The van der Waals surface area contributed by atoms with Crippen LogP contribution in [0.15, 0.2) is 17.1 Å². The van der Waals surface area contributed by atoms with Gasteiger partial charge in [0.1, 0.15) is 0 Å². The van der Waals surface area contributed by atoms with Gasteiger partial charge in [0, 0.05) is 23.3 Å². The van der Waals surface area contributed by atoms with Gasteiger partial charge in [-0.1, -0.05) is 13.8 Å². The Balaban J connectivity index is 2.20. The van der Waals surface area contributed by atoms with Crippen molar-refractivity contribution in [3.8, 4) is 0 Å². The first-order valence-electron chi connectivity index (χ1n) is 7.41. The van der Waals surface area contributed by atoms with Crippen molar-refractivity contribution in [1.29, 1.82) is 0 Å². The Morgan fingerprint density at radius 3 is 2.55 bits per heavy atom. The number of aryl methyl sites for hydroxylation is 1. The first-order valence-corrected chi connectivity index (χ1v) is 8.23. The first kappa shape index (κ1) is 17.0. The van der Waals surface area contributed by atoms with Gasteiger partial charge in [-0.3, -0.25) is 4.99 Å². The number of aliphatic imine (C=N–C) groups is 1. The van der Waals surface area contributed by atoms with E-state index in [-0.39, 0.29) is 0 Å². The first-order chi connectivity index (χ1) is 9.69. The fourth-order valence-electron chi connectivity index (χ4n) is 2.02. The minimum Gasteiger partial charge on any atom is -0.356 e. The number of guanidine groups is 1. The van der Waals surface area contributed by atoms with E-state index in [0.717, 1.165) is 45.1 Å². The molecule has 2 N–H and O–H groups in total. The van der Waals surface area contributed by atoms with Crippen LogP contribution < -0.4 is 10.6 Å². The molecule has 0 unspecified atom stereocenters. The van der Waals surface area contributed by atoms with Crippen LogP contribution in [0.5, 0.6) is 0 Å². The van der Waals surface area contributed by atoms with E-state index in [1.807, 2.05) is 18.4 Å². The lowest BCUT2D eigenvalue weighted by Crippen LogP contribution is -2.38. The molecule has 0 saturated heterocycles. The molecule has 0 bridgehead atoms. The largest absolute Gasteiger partial charge is 0.356 e. The number of nitrogens with one attached hydrogen (secondary N) is 2. The van der Waals surface area contributed by atoms with Crippen LogP contribution in [0.25, 0.3) is 0 Å². The zero-order chi connectivity index (χ0) is 14.8. The zero-order valence-corrected chi connectivity index (χ0v) is 14.0. The smallest absolute Gasteiger partial charge is 0.191 e. The third-order valence-electron chi connectivity index (χ3n) is 3.29. The van der Waals surface area contributed by atoms with Gasteiger partial charge >= 0.3 is 0 Å². The van der Waals surface area contributed by atoms with E-state index < -0.39 is 0 Å². The number of nitrogens with zero attached hydrogens (tertiary/aromatic N) is 2. The molecule has 0 spiro atoms. The van der Waals surface area contributed by atoms with Crippen molar-refractivity contribution >= 4 is 17.3 Å². The topological polar surface area (TPSA) is 39.7 Å². The van der Waals surface area contributed by atoms with Gasteiger partial charge in [-0.2, -0.15) is 0 Å². The second kappa shape index (κ2) is 9.77. The number of thiophene rings is 1. The lowest BCUT2D eigenvalue weighted by atomic mass is 10.3. The van der Waals surface area contributed by atoms with Crippen LogP contribution in [0.4, 0.5) is 0 Å². The molecule has 0 aromatic carbocycles. The SMILES string of the molecule is CCN(CC)CCCNC(=NC)NCc1ccc(C)s1. The fourth-order valence-corrected chi connectivity index (χ4v) is 2.85. The van der Waals surface area contributed by atoms with Crippen LogP contribution in [-0.2, 0) is 6.54 Å². The Kier molecular flexibility index (Phi) is 8.30. The van der Waals surface area contributed by atoms with E-state index >= 15 is 0 Å². The Morgan fingerprint density at radius 1 is 1.25 bits per heavy atom. The van der Waals surface area contributed by atoms with Crippen molar-refractivity contribution in [2.75, 3.05) is 33.2 Å². The lowest BCUT2D eigenvalue weighted by molar-refractivity contribution is 0.300. The van der Waals surface area contributed by atoms with E-state index in [2.05, 4.69) is 53.4 Å². The van der Waals surface area contributed by atoms with Crippen molar-refractivity contribution in [1.82, 2.24) is 15.5 Å². The maximum Gasteiger partial charge on any atom is 0.191 e. The third kappa shape index (κ3) is 6.39. The van der Waals surface area contributed by atoms with Gasteiger partial charge in [-0.05, 0) is 45.1 Å². The molecule has 0 fully saturated rings. The molecule has 114 valence electrons. The summed E-state index contributed by atoms with van der Waals surface area (Å²) in [6.45, 7) is 11.7. The average Bonchev–Trinajstić information content (AvgIpc) is 2.88. The molecule has 0 aliphatic carbocycles. The molecule has 5 heteroatoms. The van der Waals surface area contributed by atoms with Crippen molar-refractivity contribution in [3.05, 3.63) is 21.9 Å². The molecule has 1 rings (SSSR count). The summed E-state index contributed by atoms with van der Waals surface area (Å²) in [7, 11) is 1.82. The van der Waals surface area contributed by atoms with Crippen molar-refractivity contribution < 1.29 is 0 Å². The quantitative estimate of drug-likeness (QED) is 0.440. The molecule has 0 aliphatic rings. The molecule has 0 saturated carbocycles. The Morgan fingerprint density at radius 2 is 2.00 bits per heavy atom. The second-order valence-corrected chi connectivity index (χ2v) is 6.12. The van der Waals surface area contributed by atoms with Crippen molar-refractivity contribution in [3.63, 3.8) is 0 Å². The van der Waals surface area contributed by atoms with Crippen LogP contribution in [0.3, 0.4) is 0 Å². The highest BCUT2D eigenvalue weighted by Crippen LogP contribution is 2.14. The second-order valence-electron chi connectivity index (χ2n) is 4.75. The van der Waals surface area contributed by atoms with Crippen LogP contribution in [0.1, 0.15) is 30.0 Å². The van der Waals surface area contributed by atoms with Gasteiger partial charge in [0.05, 0.1) is 6.54 Å². The van der Waals surface area contributed by atoms with Crippen LogP contribution >= 0.6 is 11.3 Å². The lowest BCUT2D eigenvalue weighted by Gasteiger charge is -2.18. The van der Waals surface area contributed by atoms with Gasteiger partial charge in [0.15, 0.2) is 5.96 Å². The summed E-state index contributed by atoms with van der Waals surface area (Å²) in [6, 6.07) is 4.32. The summed E-state index contributed by atoms with van der Waals surface area (Å²) in [5.41, 5.74) is 0. The molecule has 0 atom stereocenters. The molecular formula is C15H28N4S. The van der Waals surface area contributed by atoms with Crippen molar-refractivity contribution in [2.45, 2.75) is 33.7 Å². The standard InChI is InChI=1S/C15H28N4S/c1-5-19(6-2)11-7-10-17-15(16-4)18-12-14-9-8-13(3)20-14/h8-9H,5-7,10-12H2,1-4H3,(H2,16,17,18). The minimum absolute atomic E-state index is 0.841. The molecule has 1 heterocycles. The molecule has 20 heavy (non-hydrogen) atoms. The average molecular weight is 296 g/mol. The molecule has 4 nitrogen and oxygen atoms in total. The van der Waals surface area contributed by atoms with E-state index in [4.69, 9.17) is 0 Å². The summed E-state index contributed by atoms with van der Waals surface area (Å²) in [6.07, 6.45) is 1.14. The maximum atomic E-state index is 4.25. The molecule has 0 amide bonds. The van der Waals surface area contributed by atoms with Gasteiger partial charge in [-0.25, -0.2) is 0 Å². The summed E-state index contributed by atoms with van der Waals surface area (Å²) in [5.74, 6) is 0.885. The number of hydrogen-bond acceptors (Lipinski definition) is 3. The van der Waals surface area contributed by atoms with Crippen LogP contribution in [0.2, 0.25) is 0 Å². The zero-order valence-electron chi connectivity index (χ0n) is 13.2. The van der Waals surface area contributed by atoms with E-state index in [0.29, 0.717) is 0 Å². The summed E-state index contributed by atoms with van der Waals surface area (Å²) < 4.78 is 0. The molecule has 1 aromatic heterocycles. The van der Waals surface area contributed by atoms with E-state index in [1.165, 1.54) is 9.75 Å². The summed E-state index contributed by atoms with van der Waals surface area (Å²) >= 11 is 1.83. The van der Waals surface area contributed by atoms with E-state index in [1.54, 1.807) is 0 Å². The molecular weight excluding hydrogens is 268 g/mol. The third-order valence-corrected chi connectivity index (χ3v) is 4.29. The monoisotopic (exact) mass is 296 g/mol. The Hall–Kier alpha value is -1.07. The molecule has 0 aliphatic heterocycles. The van der Waals surface area contributed by atoms with Crippen LogP contribution in [0, 0.1) is 6.92 Å². The normalized spacial score (nSPS) is 11.9. The Bertz CT molecular complexity index is 396. The van der Waals surface area contributed by atoms with Gasteiger partial charge < -0.3 is 15.5 Å². The van der Waals surface area contributed by atoms with Gasteiger partial charge in [-0.15, -0.1) is 11.3 Å². The Labute approximate surface area is 127 Å². The predicted octanol–water partition coefficient (Wildman–Crippen LogP) is 2.45. The summed E-state index contributed by atoms with van der Waals surface area (Å²) in [5, 5.41) is 6.72. The highest BCUT2D eigenvalue weighted by Gasteiger charge is 2.01. The van der Waals surface area contributed by atoms with Gasteiger partial charge in [0.25, 0.3) is 0 Å². The summed E-state index contributed by atoms with van der Waals surface area (Å²) in [4.78, 5) is 9.38. The number of hydrogen-bond donors (Lipinski definition) is 2. The van der Waals surface area contributed by atoms with Crippen LogP contribution in [-0.4, -0.2) is 44.1 Å². The highest BCUT2D eigenvalue weighted by molar-refractivity contribution is 7.11. The van der Waals surface area contributed by atoms with Crippen molar-refractivity contribution in [2.24, 2.45) is 4.99 Å². The van der Waals surface area contributed by atoms with E-state index in [9.17, 15) is 0 Å². The maximum absolute atomic E-state index is 4.25. The van der Waals surface area contributed by atoms with Gasteiger partial charge in [0.2, 0.25) is 0 Å². The fraction of sp³-hybridized carbons (Fsp3) is 0.667. The molecule has 1 aromatic rings. The predicted molar refractivity (Wildman–Crippen MR) is 89.7 cm³/mol.